The van der Waals surface area contributed by atoms with Crippen LogP contribution in [0.15, 0.2) is 24.3 Å². The fourth-order valence-electron chi connectivity index (χ4n) is 2.52. The summed E-state index contributed by atoms with van der Waals surface area (Å²) in [5.74, 6) is 0.413. The SMILES string of the molecule is CC(C)c1sc(-c2ccc(C(=O)N(C)C)cc2)nc1CO[Si](C)(C)C(C)(C)C. The molecule has 2 aromatic rings. The summed E-state index contributed by atoms with van der Waals surface area (Å²) in [5, 5.41) is 1.17. The topological polar surface area (TPSA) is 42.4 Å². The fourth-order valence-corrected chi connectivity index (χ4v) is 4.53. The predicted molar refractivity (Wildman–Crippen MR) is 122 cm³/mol. The zero-order valence-corrected chi connectivity index (χ0v) is 20.5. The molecule has 0 atom stereocenters. The maximum atomic E-state index is 12.1. The van der Waals surface area contributed by atoms with E-state index in [0.29, 0.717) is 18.1 Å². The molecule has 6 heteroatoms. The van der Waals surface area contributed by atoms with Gasteiger partial charge in [0.15, 0.2) is 8.32 Å². The first-order valence-corrected chi connectivity index (χ1v) is 13.5. The number of carbonyl (C=O) groups is 1. The van der Waals surface area contributed by atoms with Crippen LogP contribution in [0, 0.1) is 0 Å². The lowest BCUT2D eigenvalue weighted by atomic mass is 10.1. The molecule has 0 aliphatic heterocycles. The molecule has 28 heavy (non-hydrogen) atoms. The average Bonchev–Trinajstić information content (AvgIpc) is 3.03. The molecule has 0 aliphatic rings. The third-order valence-electron chi connectivity index (χ3n) is 5.41. The number of carbonyl (C=O) groups excluding carboxylic acids is 1. The van der Waals surface area contributed by atoms with Gasteiger partial charge in [0, 0.05) is 30.1 Å². The van der Waals surface area contributed by atoms with Gasteiger partial charge in [-0.3, -0.25) is 4.79 Å². The van der Waals surface area contributed by atoms with Crippen molar-refractivity contribution in [3.05, 3.63) is 40.4 Å². The van der Waals surface area contributed by atoms with Crippen molar-refractivity contribution in [1.29, 1.82) is 0 Å². The minimum atomic E-state index is -1.82. The Morgan fingerprint density at radius 3 is 2.21 bits per heavy atom. The van der Waals surface area contributed by atoms with Gasteiger partial charge in [-0.2, -0.15) is 0 Å². The van der Waals surface area contributed by atoms with E-state index < -0.39 is 8.32 Å². The van der Waals surface area contributed by atoms with E-state index >= 15 is 0 Å². The number of aromatic nitrogens is 1. The van der Waals surface area contributed by atoms with Crippen LogP contribution in [0.2, 0.25) is 18.1 Å². The minimum Gasteiger partial charge on any atom is -0.411 e. The summed E-state index contributed by atoms with van der Waals surface area (Å²) in [7, 11) is 1.71. The molecule has 0 saturated heterocycles. The zero-order valence-electron chi connectivity index (χ0n) is 18.7. The van der Waals surface area contributed by atoms with Crippen LogP contribution in [-0.2, 0) is 11.0 Å². The van der Waals surface area contributed by atoms with Crippen LogP contribution < -0.4 is 0 Å². The molecule has 0 radical (unpaired) electrons. The fraction of sp³-hybridized carbons (Fsp3) is 0.545. The lowest BCUT2D eigenvalue weighted by Gasteiger charge is -2.36. The van der Waals surface area contributed by atoms with Gasteiger partial charge >= 0.3 is 0 Å². The van der Waals surface area contributed by atoms with Gasteiger partial charge in [-0.05, 0) is 36.2 Å². The quantitative estimate of drug-likeness (QED) is 0.528. The van der Waals surface area contributed by atoms with Crippen LogP contribution in [0.25, 0.3) is 10.6 Å². The number of hydrogen-bond donors (Lipinski definition) is 0. The van der Waals surface area contributed by atoms with Gasteiger partial charge in [0.05, 0.1) is 12.3 Å². The van der Waals surface area contributed by atoms with Crippen LogP contribution >= 0.6 is 11.3 Å². The Kier molecular flexibility index (Phi) is 6.89. The van der Waals surface area contributed by atoms with E-state index in [-0.39, 0.29) is 10.9 Å². The smallest absolute Gasteiger partial charge is 0.253 e. The first kappa shape index (κ1) is 22.8. The number of thiazole rings is 1. The lowest BCUT2D eigenvalue weighted by Crippen LogP contribution is -2.40. The predicted octanol–water partition coefficient (Wildman–Crippen LogP) is 6.16. The molecule has 4 nitrogen and oxygen atoms in total. The largest absolute Gasteiger partial charge is 0.411 e. The minimum absolute atomic E-state index is 0.0111. The number of amides is 1. The van der Waals surface area contributed by atoms with E-state index in [1.165, 1.54) is 4.88 Å². The summed E-state index contributed by atoms with van der Waals surface area (Å²) in [6.07, 6.45) is 0. The molecular formula is C22H34N2O2SSi. The van der Waals surface area contributed by atoms with Gasteiger partial charge in [0.25, 0.3) is 5.91 Å². The normalized spacial score (nSPS) is 12.5. The van der Waals surface area contributed by atoms with Crippen molar-refractivity contribution in [3.63, 3.8) is 0 Å². The van der Waals surface area contributed by atoms with Crippen molar-refractivity contribution in [2.45, 2.75) is 65.3 Å². The van der Waals surface area contributed by atoms with E-state index in [0.717, 1.165) is 16.3 Å². The molecule has 1 heterocycles. The van der Waals surface area contributed by atoms with Crippen LogP contribution in [0.3, 0.4) is 0 Å². The maximum absolute atomic E-state index is 12.1. The average molecular weight is 419 g/mol. The number of rotatable bonds is 6. The van der Waals surface area contributed by atoms with Crippen LogP contribution in [0.1, 0.15) is 61.5 Å². The van der Waals surface area contributed by atoms with Crippen molar-refractivity contribution in [3.8, 4) is 10.6 Å². The second-order valence-electron chi connectivity index (χ2n) is 9.31. The third kappa shape index (κ3) is 5.10. The molecule has 1 aromatic heterocycles. The van der Waals surface area contributed by atoms with Crippen molar-refractivity contribution in [2.75, 3.05) is 14.1 Å². The Morgan fingerprint density at radius 1 is 1.18 bits per heavy atom. The standard InChI is InChI=1S/C22H34N2O2SSi/c1-15(2)19-18(14-26-28(8,9)22(3,4)5)23-20(27-19)16-10-12-17(13-11-16)21(25)24(6)7/h10-13,15H,14H2,1-9H3. The molecule has 1 amide bonds. The summed E-state index contributed by atoms with van der Waals surface area (Å²) in [6, 6.07) is 7.72. The van der Waals surface area contributed by atoms with Crippen LogP contribution in [0.5, 0.6) is 0 Å². The highest BCUT2D eigenvalue weighted by molar-refractivity contribution is 7.15. The molecule has 0 fully saturated rings. The number of nitrogens with zero attached hydrogens (tertiary/aromatic N) is 2. The summed E-state index contributed by atoms with van der Waals surface area (Å²) in [5.41, 5.74) is 2.78. The Labute approximate surface area is 175 Å². The molecule has 0 saturated carbocycles. The Hall–Kier alpha value is -1.50. The monoisotopic (exact) mass is 418 g/mol. The van der Waals surface area contributed by atoms with Crippen molar-refractivity contribution in [2.24, 2.45) is 0 Å². The molecule has 2 rings (SSSR count). The van der Waals surface area contributed by atoms with Crippen molar-refractivity contribution in [1.82, 2.24) is 9.88 Å². The molecule has 0 unspecified atom stereocenters. The summed E-state index contributed by atoms with van der Waals surface area (Å²) < 4.78 is 6.43. The number of hydrogen-bond acceptors (Lipinski definition) is 4. The van der Waals surface area contributed by atoms with Gasteiger partial charge in [-0.25, -0.2) is 4.98 Å². The van der Waals surface area contributed by atoms with E-state index in [1.54, 1.807) is 30.3 Å². The maximum Gasteiger partial charge on any atom is 0.253 e. The Morgan fingerprint density at radius 2 is 1.75 bits per heavy atom. The highest BCUT2D eigenvalue weighted by atomic mass is 32.1. The first-order chi connectivity index (χ1) is 12.8. The summed E-state index contributed by atoms with van der Waals surface area (Å²) >= 11 is 1.73. The van der Waals surface area contributed by atoms with E-state index in [2.05, 4.69) is 47.7 Å². The van der Waals surface area contributed by atoms with E-state index in [4.69, 9.17) is 9.41 Å². The number of benzene rings is 1. The van der Waals surface area contributed by atoms with Gasteiger partial charge in [-0.15, -0.1) is 11.3 Å². The molecule has 0 aliphatic carbocycles. The molecule has 1 aromatic carbocycles. The van der Waals surface area contributed by atoms with Crippen molar-refractivity contribution < 1.29 is 9.22 Å². The Bertz CT molecular complexity index is 818. The molecule has 0 bridgehead atoms. The second-order valence-corrected chi connectivity index (χ2v) is 15.2. The molecule has 0 spiro atoms. The highest BCUT2D eigenvalue weighted by Crippen LogP contribution is 2.39. The second kappa shape index (κ2) is 8.47. The molecule has 0 N–H and O–H groups in total. The highest BCUT2D eigenvalue weighted by Gasteiger charge is 2.37. The van der Waals surface area contributed by atoms with Crippen LogP contribution in [0.4, 0.5) is 0 Å². The summed E-state index contributed by atoms with van der Waals surface area (Å²) in [6.45, 7) is 16.3. The molecular weight excluding hydrogens is 384 g/mol. The zero-order chi connectivity index (χ0) is 21.3. The van der Waals surface area contributed by atoms with Gasteiger partial charge in [0.2, 0.25) is 0 Å². The first-order valence-electron chi connectivity index (χ1n) is 9.79. The van der Waals surface area contributed by atoms with Gasteiger partial charge in [-0.1, -0.05) is 46.8 Å². The summed E-state index contributed by atoms with van der Waals surface area (Å²) in [4.78, 5) is 19.9. The third-order valence-corrected chi connectivity index (χ3v) is 11.3. The molecule has 154 valence electrons. The van der Waals surface area contributed by atoms with Crippen LogP contribution in [-0.4, -0.2) is 38.2 Å². The van der Waals surface area contributed by atoms with Gasteiger partial charge in [0.1, 0.15) is 5.01 Å². The van der Waals surface area contributed by atoms with E-state index in [9.17, 15) is 4.79 Å². The Balaban J connectivity index is 2.28. The van der Waals surface area contributed by atoms with Crippen molar-refractivity contribution >= 4 is 25.6 Å². The van der Waals surface area contributed by atoms with Gasteiger partial charge < -0.3 is 9.33 Å². The lowest BCUT2D eigenvalue weighted by molar-refractivity contribution is 0.0827. The van der Waals surface area contributed by atoms with E-state index in [1.807, 2.05) is 24.3 Å².